The highest BCUT2D eigenvalue weighted by molar-refractivity contribution is 7.89. The minimum atomic E-state index is -3.61. The first-order chi connectivity index (χ1) is 12.5. The van der Waals surface area contributed by atoms with E-state index in [-0.39, 0.29) is 23.9 Å². The first kappa shape index (κ1) is 18.2. The van der Waals surface area contributed by atoms with Gasteiger partial charge in [0.2, 0.25) is 15.9 Å². The molecule has 1 aliphatic rings. The highest BCUT2D eigenvalue weighted by Crippen LogP contribution is 2.34. The fraction of sp³-hybridized carbons (Fsp3) is 0.278. The molecule has 1 aliphatic heterocycles. The second kappa shape index (κ2) is 7.76. The van der Waals surface area contributed by atoms with Crippen LogP contribution in [0.4, 0.5) is 5.69 Å². The van der Waals surface area contributed by atoms with Gasteiger partial charge >= 0.3 is 0 Å². The maximum Gasteiger partial charge on any atom is 0.240 e. The molecular weight excluding hydrogens is 356 g/mol. The van der Waals surface area contributed by atoms with Crippen LogP contribution in [0, 0.1) is 0 Å². The zero-order chi connectivity index (χ0) is 18.6. The van der Waals surface area contributed by atoms with Gasteiger partial charge < -0.3 is 14.4 Å². The number of sulfonamides is 1. The minimum absolute atomic E-state index is 0.0885. The Bertz CT molecular complexity index is 884. The van der Waals surface area contributed by atoms with Gasteiger partial charge in [-0.3, -0.25) is 4.79 Å². The van der Waals surface area contributed by atoms with Gasteiger partial charge in [-0.1, -0.05) is 18.2 Å². The van der Waals surface area contributed by atoms with Crippen molar-refractivity contribution < 1.29 is 22.7 Å². The zero-order valence-electron chi connectivity index (χ0n) is 14.3. The highest BCUT2D eigenvalue weighted by atomic mass is 32.2. The van der Waals surface area contributed by atoms with Crippen LogP contribution in [-0.4, -0.2) is 40.6 Å². The number of amides is 1. The van der Waals surface area contributed by atoms with Gasteiger partial charge in [0.15, 0.2) is 11.5 Å². The van der Waals surface area contributed by atoms with Gasteiger partial charge in [-0.05, 0) is 24.3 Å². The molecule has 0 saturated heterocycles. The summed E-state index contributed by atoms with van der Waals surface area (Å²) in [5.74, 6) is 1.01. The second-order valence-corrected chi connectivity index (χ2v) is 7.48. The van der Waals surface area contributed by atoms with E-state index in [1.165, 1.54) is 24.0 Å². The molecule has 138 valence electrons. The van der Waals surface area contributed by atoms with Gasteiger partial charge in [0, 0.05) is 31.8 Å². The van der Waals surface area contributed by atoms with E-state index < -0.39 is 10.0 Å². The van der Waals surface area contributed by atoms with Crippen molar-refractivity contribution in [3.8, 4) is 11.5 Å². The van der Waals surface area contributed by atoms with Gasteiger partial charge in [0.1, 0.15) is 13.2 Å². The molecule has 2 aromatic carbocycles. The summed E-state index contributed by atoms with van der Waals surface area (Å²) < 4.78 is 38.0. The number of carbonyl (C=O) groups is 1. The van der Waals surface area contributed by atoms with Crippen molar-refractivity contribution in [3.63, 3.8) is 0 Å². The molecule has 1 N–H and O–H groups in total. The van der Waals surface area contributed by atoms with E-state index in [4.69, 9.17) is 9.47 Å². The van der Waals surface area contributed by atoms with Crippen molar-refractivity contribution in [2.45, 2.75) is 11.8 Å². The minimum Gasteiger partial charge on any atom is -0.486 e. The Hall–Kier alpha value is -2.58. The van der Waals surface area contributed by atoms with Gasteiger partial charge in [-0.25, -0.2) is 13.1 Å². The summed E-state index contributed by atoms with van der Waals surface area (Å²) in [7, 11) is -3.61. The number of anilines is 1. The van der Waals surface area contributed by atoms with Crippen molar-refractivity contribution in [1.29, 1.82) is 0 Å². The van der Waals surface area contributed by atoms with Gasteiger partial charge in [0.25, 0.3) is 0 Å². The summed E-state index contributed by atoms with van der Waals surface area (Å²) in [5, 5.41) is 0. The van der Waals surface area contributed by atoms with Crippen LogP contribution in [0.5, 0.6) is 11.5 Å². The molecule has 0 radical (unpaired) electrons. The van der Waals surface area contributed by atoms with Crippen molar-refractivity contribution in [2.75, 3.05) is 31.2 Å². The number of carbonyl (C=O) groups excluding carboxylic acids is 1. The molecule has 0 spiro atoms. The zero-order valence-corrected chi connectivity index (χ0v) is 15.2. The maximum atomic E-state index is 12.3. The Kier molecular flexibility index (Phi) is 5.43. The number of benzene rings is 2. The molecule has 1 amide bonds. The normalized spacial score (nSPS) is 13.3. The van der Waals surface area contributed by atoms with Gasteiger partial charge in [0.05, 0.1) is 4.90 Å². The predicted octanol–water partition coefficient (Wildman–Crippen LogP) is 1.79. The smallest absolute Gasteiger partial charge is 0.240 e. The molecule has 8 heteroatoms. The quantitative estimate of drug-likeness (QED) is 0.831. The molecule has 3 rings (SSSR count). The van der Waals surface area contributed by atoms with Crippen LogP contribution in [0.15, 0.2) is 53.4 Å². The van der Waals surface area contributed by atoms with E-state index in [1.54, 1.807) is 36.4 Å². The third-order valence-electron chi connectivity index (χ3n) is 3.90. The first-order valence-electron chi connectivity index (χ1n) is 8.20. The fourth-order valence-electron chi connectivity index (χ4n) is 2.64. The van der Waals surface area contributed by atoms with E-state index in [2.05, 4.69) is 4.72 Å². The lowest BCUT2D eigenvalue weighted by molar-refractivity contribution is -0.116. The average Bonchev–Trinajstić information content (AvgIpc) is 2.65. The summed E-state index contributed by atoms with van der Waals surface area (Å²) in [5.41, 5.74) is 0.626. The number of nitrogens with zero attached hydrogens (tertiary/aromatic N) is 1. The van der Waals surface area contributed by atoms with Crippen LogP contribution in [-0.2, 0) is 14.8 Å². The summed E-state index contributed by atoms with van der Waals surface area (Å²) in [6.45, 7) is 2.66. The molecule has 0 aliphatic carbocycles. The lowest BCUT2D eigenvalue weighted by Gasteiger charge is -2.24. The van der Waals surface area contributed by atoms with Crippen LogP contribution in [0.2, 0.25) is 0 Å². The molecule has 0 fully saturated rings. The van der Waals surface area contributed by atoms with Gasteiger partial charge in [-0.15, -0.1) is 0 Å². The predicted molar refractivity (Wildman–Crippen MR) is 97.1 cm³/mol. The number of fused-ring (bicyclic) bond motifs is 1. The van der Waals surface area contributed by atoms with Crippen molar-refractivity contribution >= 4 is 21.6 Å². The second-order valence-electron chi connectivity index (χ2n) is 5.71. The molecule has 0 atom stereocenters. The number of ether oxygens (including phenoxy) is 2. The standard InChI is InChI=1S/C18H20N2O5S/c1-14(21)20(15-7-8-17-18(13-15)25-12-11-24-17)10-9-19-26(22,23)16-5-3-2-4-6-16/h2-8,13,19H,9-12H2,1H3. The topological polar surface area (TPSA) is 84.9 Å². The SMILES string of the molecule is CC(=O)N(CCNS(=O)(=O)c1ccccc1)c1ccc2c(c1)OCCO2. The van der Waals surface area contributed by atoms with Crippen LogP contribution >= 0.6 is 0 Å². The van der Waals surface area contributed by atoms with Crippen LogP contribution < -0.4 is 19.1 Å². The number of nitrogens with one attached hydrogen (secondary N) is 1. The van der Waals surface area contributed by atoms with Gasteiger partial charge in [-0.2, -0.15) is 0 Å². The number of hydrogen-bond donors (Lipinski definition) is 1. The average molecular weight is 376 g/mol. The van der Waals surface area contributed by atoms with Crippen molar-refractivity contribution in [3.05, 3.63) is 48.5 Å². The van der Waals surface area contributed by atoms with E-state index in [0.717, 1.165) is 0 Å². The Labute approximate surface area is 152 Å². The fourth-order valence-corrected chi connectivity index (χ4v) is 3.69. The van der Waals surface area contributed by atoms with E-state index >= 15 is 0 Å². The summed E-state index contributed by atoms with van der Waals surface area (Å²) in [6.07, 6.45) is 0. The number of hydrogen-bond acceptors (Lipinski definition) is 5. The van der Waals surface area contributed by atoms with Crippen LogP contribution in [0.3, 0.4) is 0 Å². The van der Waals surface area contributed by atoms with E-state index in [1.807, 2.05) is 0 Å². The Morgan fingerprint density at radius 1 is 1.08 bits per heavy atom. The Morgan fingerprint density at radius 3 is 2.46 bits per heavy atom. The maximum absolute atomic E-state index is 12.3. The third kappa shape index (κ3) is 4.14. The molecule has 0 saturated carbocycles. The first-order valence-corrected chi connectivity index (χ1v) is 9.68. The van der Waals surface area contributed by atoms with Crippen molar-refractivity contribution in [1.82, 2.24) is 4.72 Å². The van der Waals surface area contributed by atoms with Crippen molar-refractivity contribution in [2.24, 2.45) is 0 Å². The van der Waals surface area contributed by atoms with Crippen LogP contribution in [0.1, 0.15) is 6.92 Å². The summed E-state index contributed by atoms with van der Waals surface area (Å²) in [6, 6.07) is 13.3. The molecule has 2 aromatic rings. The van der Waals surface area contributed by atoms with Crippen LogP contribution in [0.25, 0.3) is 0 Å². The molecule has 0 aromatic heterocycles. The lowest BCUT2D eigenvalue weighted by atomic mass is 10.2. The van der Waals surface area contributed by atoms with E-state index in [9.17, 15) is 13.2 Å². The highest BCUT2D eigenvalue weighted by Gasteiger charge is 2.18. The third-order valence-corrected chi connectivity index (χ3v) is 5.38. The molecule has 26 heavy (non-hydrogen) atoms. The summed E-state index contributed by atoms with van der Waals surface area (Å²) in [4.78, 5) is 13.7. The molecule has 0 unspecified atom stereocenters. The molecule has 0 bridgehead atoms. The molecule has 1 heterocycles. The summed E-state index contributed by atoms with van der Waals surface area (Å²) >= 11 is 0. The van der Waals surface area contributed by atoms with E-state index in [0.29, 0.717) is 30.4 Å². The Morgan fingerprint density at radius 2 is 1.77 bits per heavy atom. The largest absolute Gasteiger partial charge is 0.486 e. The monoisotopic (exact) mass is 376 g/mol. The lowest BCUT2D eigenvalue weighted by Crippen LogP contribution is -2.37. The number of rotatable bonds is 6. The molecule has 7 nitrogen and oxygen atoms in total. The Balaban J connectivity index is 1.69. The molecular formula is C18H20N2O5S.